The maximum Gasteiger partial charge on any atom is 1.00 e. The van der Waals surface area contributed by atoms with Crippen molar-refractivity contribution >= 4 is 18.5 Å². The van der Waals surface area contributed by atoms with Gasteiger partial charge in [0.15, 0.2) is 0 Å². The summed E-state index contributed by atoms with van der Waals surface area (Å²) in [4.78, 5) is 0. The van der Waals surface area contributed by atoms with Crippen LogP contribution in [0.25, 0.3) is 0 Å². The molecular formula is C20H20LiP. The zero-order valence-electron chi connectivity index (χ0n) is 13.5. The fourth-order valence-corrected chi connectivity index (χ4v) is 5.80. The summed E-state index contributed by atoms with van der Waals surface area (Å²) in [7, 11) is -0.445. The van der Waals surface area contributed by atoms with Crippen molar-refractivity contribution in [1.82, 2.24) is 0 Å². The van der Waals surface area contributed by atoms with Gasteiger partial charge in [-0.3, -0.25) is 0 Å². The molecular weight excluding hydrogens is 278 g/mol. The third-order valence-electron chi connectivity index (χ3n) is 3.96. The molecule has 0 aromatic heterocycles. The second-order valence-corrected chi connectivity index (χ2v) is 8.56. The molecule has 0 saturated carbocycles. The predicted molar refractivity (Wildman–Crippen MR) is 94.1 cm³/mol. The molecule has 0 radical (unpaired) electrons. The van der Waals surface area contributed by atoms with Crippen LogP contribution >= 0.6 is 7.92 Å². The Morgan fingerprint density at radius 3 is 1.50 bits per heavy atom. The SMILES string of the molecule is CC(C)([c-]1cccc1)P(c1ccccc1)c1ccccc1.[Li+]. The molecule has 0 N–H and O–H groups in total. The van der Waals surface area contributed by atoms with E-state index in [0.29, 0.717) is 0 Å². The molecule has 0 spiro atoms. The molecule has 0 aliphatic heterocycles. The minimum Gasteiger partial charge on any atom is -0.213 e. The summed E-state index contributed by atoms with van der Waals surface area (Å²) in [5, 5.41) is 2.98. The van der Waals surface area contributed by atoms with Gasteiger partial charge in [-0.1, -0.05) is 74.5 Å². The molecule has 106 valence electrons. The molecule has 0 unspecified atom stereocenters. The Morgan fingerprint density at radius 2 is 1.09 bits per heavy atom. The summed E-state index contributed by atoms with van der Waals surface area (Å²) >= 11 is 0. The quantitative estimate of drug-likeness (QED) is 0.391. The summed E-state index contributed by atoms with van der Waals surface area (Å²) in [6.07, 6.45) is 0. The summed E-state index contributed by atoms with van der Waals surface area (Å²) in [6, 6.07) is 30.6. The molecule has 0 aliphatic carbocycles. The van der Waals surface area contributed by atoms with Crippen LogP contribution < -0.4 is 29.5 Å². The van der Waals surface area contributed by atoms with Crippen molar-refractivity contribution in [3.63, 3.8) is 0 Å². The summed E-state index contributed by atoms with van der Waals surface area (Å²) < 4.78 is 0. The van der Waals surface area contributed by atoms with E-state index >= 15 is 0 Å². The average molecular weight is 298 g/mol. The molecule has 3 aromatic rings. The minimum absolute atomic E-state index is 0. The van der Waals surface area contributed by atoms with Crippen LogP contribution in [0, 0.1) is 0 Å². The molecule has 22 heavy (non-hydrogen) atoms. The molecule has 0 atom stereocenters. The van der Waals surface area contributed by atoms with Crippen LogP contribution in [0.3, 0.4) is 0 Å². The number of rotatable bonds is 4. The first kappa shape index (κ1) is 17.2. The number of benzene rings is 2. The molecule has 3 rings (SSSR count). The fourth-order valence-electron chi connectivity index (χ4n) is 2.86. The second kappa shape index (κ2) is 7.39. The third-order valence-corrected chi connectivity index (χ3v) is 6.96. The standard InChI is InChI=1S/C20H20P.Li/c1-20(2,17-11-9-10-12-17)21(18-13-5-3-6-14-18)19-15-7-4-8-16-19;/h3-16H,1-2H3;/q-1;+1. The van der Waals surface area contributed by atoms with Crippen molar-refractivity contribution in [2.24, 2.45) is 0 Å². The van der Waals surface area contributed by atoms with Crippen LogP contribution in [0.15, 0.2) is 84.9 Å². The molecule has 0 heterocycles. The van der Waals surface area contributed by atoms with Gasteiger partial charge in [-0.25, -0.2) is 12.1 Å². The van der Waals surface area contributed by atoms with Crippen LogP contribution in [-0.2, 0) is 5.16 Å². The predicted octanol–water partition coefficient (Wildman–Crippen LogP) is 1.78. The van der Waals surface area contributed by atoms with Gasteiger partial charge in [0.1, 0.15) is 0 Å². The summed E-state index contributed by atoms with van der Waals surface area (Å²) in [5.41, 5.74) is 1.42. The molecule has 0 bridgehead atoms. The van der Waals surface area contributed by atoms with E-state index in [1.54, 1.807) is 0 Å². The molecule has 0 aliphatic rings. The molecule has 0 nitrogen and oxygen atoms in total. The zero-order valence-corrected chi connectivity index (χ0v) is 14.4. The Balaban J connectivity index is 0.00000176. The van der Waals surface area contributed by atoms with Crippen molar-refractivity contribution in [3.05, 3.63) is 90.5 Å². The molecule has 0 saturated heterocycles. The van der Waals surface area contributed by atoms with Crippen LogP contribution in [0.1, 0.15) is 19.4 Å². The van der Waals surface area contributed by atoms with E-state index in [1.165, 1.54) is 16.2 Å². The van der Waals surface area contributed by atoms with E-state index in [0.717, 1.165) is 0 Å². The van der Waals surface area contributed by atoms with Crippen molar-refractivity contribution < 1.29 is 18.9 Å². The van der Waals surface area contributed by atoms with Gasteiger partial charge in [0.05, 0.1) is 0 Å². The van der Waals surface area contributed by atoms with Crippen molar-refractivity contribution in [2.45, 2.75) is 19.0 Å². The van der Waals surface area contributed by atoms with Gasteiger partial charge >= 0.3 is 18.9 Å². The molecule has 0 amide bonds. The smallest absolute Gasteiger partial charge is 0.213 e. The van der Waals surface area contributed by atoms with E-state index in [-0.39, 0.29) is 24.0 Å². The van der Waals surface area contributed by atoms with E-state index in [1.807, 2.05) is 0 Å². The van der Waals surface area contributed by atoms with Gasteiger partial charge in [0.2, 0.25) is 0 Å². The van der Waals surface area contributed by atoms with Gasteiger partial charge in [-0.15, -0.1) is 5.56 Å². The first-order valence-corrected chi connectivity index (χ1v) is 8.66. The second-order valence-electron chi connectivity index (χ2n) is 5.74. The largest absolute Gasteiger partial charge is 1.00 e. The van der Waals surface area contributed by atoms with Crippen LogP contribution in [0.5, 0.6) is 0 Å². The number of hydrogen-bond donors (Lipinski definition) is 0. The Kier molecular flexibility index (Phi) is 5.77. The Hall–Kier alpha value is -1.18. The molecule has 2 heteroatoms. The topological polar surface area (TPSA) is 0 Å². The monoisotopic (exact) mass is 298 g/mol. The van der Waals surface area contributed by atoms with E-state index in [4.69, 9.17) is 0 Å². The van der Waals surface area contributed by atoms with E-state index in [2.05, 4.69) is 98.8 Å². The first-order valence-electron chi connectivity index (χ1n) is 7.32. The summed E-state index contributed by atoms with van der Waals surface area (Å²) in [6.45, 7) is 4.74. The van der Waals surface area contributed by atoms with Crippen LogP contribution in [0.4, 0.5) is 0 Å². The van der Waals surface area contributed by atoms with Gasteiger partial charge in [-0.2, -0.15) is 12.1 Å². The minimum atomic E-state index is -0.445. The first-order chi connectivity index (χ1) is 10.2. The Labute approximate surface area is 146 Å². The Bertz CT molecular complexity index is 633. The van der Waals surface area contributed by atoms with Crippen molar-refractivity contribution in [3.8, 4) is 0 Å². The van der Waals surface area contributed by atoms with Crippen molar-refractivity contribution in [2.75, 3.05) is 0 Å². The fraction of sp³-hybridized carbons (Fsp3) is 0.150. The van der Waals surface area contributed by atoms with Crippen LogP contribution in [0.2, 0.25) is 0 Å². The average Bonchev–Trinajstić information content (AvgIpc) is 3.04. The van der Waals surface area contributed by atoms with Gasteiger partial charge in [0.25, 0.3) is 0 Å². The van der Waals surface area contributed by atoms with Gasteiger partial charge in [-0.05, 0) is 23.7 Å². The molecule has 0 fully saturated rings. The van der Waals surface area contributed by atoms with Crippen molar-refractivity contribution in [1.29, 1.82) is 0 Å². The van der Waals surface area contributed by atoms with E-state index < -0.39 is 7.92 Å². The van der Waals surface area contributed by atoms with Gasteiger partial charge < -0.3 is 0 Å². The number of hydrogen-bond acceptors (Lipinski definition) is 0. The Morgan fingerprint density at radius 1 is 0.682 bits per heavy atom. The maximum atomic E-state index is 2.37. The van der Waals surface area contributed by atoms with E-state index in [9.17, 15) is 0 Å². The zero-order chi connectivity index (χ0) is 14.7. The molecule has 3 aromatic carbocycles. The van der Waals surface area contributed by atoms with Gasteiger partial charge in [0, 0.05) is 0 Å². The third kappa shape index (κ3) is 3.42. The normalized spacial score (nSPS) is 11.2. The van der Waals surface area contributed by atoms with Crippen LogP contribution in [-0.4, -0.2) is 0 Å². The maximum absolute atomic E-state index is 2.37. The summed E-state index contributed by atoms with van der Waals surface area (Å²) in [5.74, 6) is 0.